The van der Waals surface area contributed by atoms with E-state index in [1.54, 1.807) is 26.0 Å². The van der Waals surface area contributed by atoms with E-state index >= 15 is 0 Å². The first-order valence-electron chi connectivity index (χ1n) is 8.24. The Balaban J connectivity index is 2.12. The van der Waals surface area contributed by atoms with Crippen LogP contribution < -0.4 is 0 Å². The van der Waals surface area contributed by atoms with E-state index in [-0.39, 0.29) is 12.4 Å². The van der Waals surface area contributed by atoms with Crippen molar-refractivity contribution in [3.8, 4) is 0 Å². The lowest BCUT2D eigenvalue weighted by molar-refractivity contribution is -0.144. The molecule has 2 rings (SSSR count). The monoisotopic (exact) mass is 369 g/mol. The van der Waals surface area contributed by atoms with Crippen LogP contribution in [0, 0.1) is 5.92 Å². The van der Waals surface area contributed by atoms with Crippen LogP contribution in [0.25, 0.3) is 0 Å². The van der Waals surface area contributed by atoms with Crippen LogP contribution in [-0.4, -0.2) is 49.0 Å². The molecule has 0 bridgehead atoms. The van der Waals surface area contributed by atoms with Gasteiger partial charge in [0, 0.05) is 12.6 Å². The molecule has 0 aromatic heterocycles. The number of hydrogen-bond donors (Lipinski definition) is 1. The minimum absolute atomic E-state index is 0.229. The fraction of sp³-hybridized carbons (Fsp3) is 0.529. The number of piperidine rings is 1. The number of carboxylic acids is 1. The van der Waals surface area contributed by atoms with Crippen molar-refractivity contribution in [3.05, 3.63) is 35.4 Å². The second kappa shape index (κ2) is 7.97. The summed E-state index contributed by atoms with van der Waals surface area (Å²) in [5.74, 6) is -2.33. The average molecular weight is 369 g/mol. The smallest absolute Gasteiger partial charge is 0.338 e. The summed E-state index contributed by atoms with van der Waals surface area (Å²) >= 11 is 0. The van der Waals surface area contributed by atoms with Gasteiger partial charge in [-0.25, -0.2) is 13.2 Å². The summed E-state index contributed by atoms with van der Waals surface area (Å²) in [6, 6.07) is 5.64. The predicted molar refractivity (Wildman–Crippen MR) is 91.6 cm³/mol. The molecule has 1 saturated heterocycles. The summed E-state index contributed by atoms with van der Waals surface area (Å²) in [6.07, 6.45) is 1.01. The molecule has 1 aromatic carbocycles. The molecular weight excluding hydrogens is 346 g/mol. The highest BCUT2D eigenvalue weighted by Crippen LogP contribution is 2.27. The summed E-state index contributed by atoms with van der Waals surface area (Å²) in [5, 5.41) is 9.24. The zero-order valence-electron chi connectivity index (χ0n) is 14.3. The molecule has 1 aliphatic heterocycles. The molecule has 25 heavy (non-hydrogen) atoms. The maximum absolute atomic E-state index is 12.7. The molecule has 1 aliphatic rings. The number of sulfonamides is 1. The van der Waals surface area contributed by atoms with Crippen molar-refractivity contribution >= 4 is 22.0 Å². The number of esters is 1. The third-order valence-corrected chi connectivity index (χ3v) is 6.35. The molecule has 1 N–H and O–H groups in total. The Labute approximate surface area is 147 Å². The number of rotatable bonds is 6. The number of ether oxygens (including phenoxy) is 1. The first-order chi connectivity index (χ1) is 11.8. The van der Waals surface area contributed by atoms with Crippen LogP contribution in [-0.2, 0) is 25.3 Å². The zero-order valence-corrected chi connectivity index (χ0v) is 15.2. The zero-order chi connectivity index (χ0) is 18.6. The molecule has 0 unspecified atom stereocenters. The van der Waals surface area contributed by atoms with E-state index in [0.717, 1.165) is 0 Å². The van der Waals surface area contributed by atoms with Gasteiger partial charge >= 0.3 is 11.9 Å². The van der Waals surface area contributed by atoms with Crippen LogP contribution in [0.5, 0.6) is 0 Å². The first kappa shape index (κ1) is 19.4. The van der Waals surface area contributed by atoms with Gasteiger partial charge in [-0.2, -0.15) is 4.31 Å². The van der Waals surface area contributed by atoms with Gasteiger partial charge < -0.3 is 9.84 Å². The van der Waals surface area contributed by atoms with Gasteiger partial charge in [0.25, 0.3) is 0 Å². The van der Waals surface area contributed by atoms with Crippen molar-refractivity contribution in [2.75, 3.05) is 13.2 Å². The third-order valence-electron chi connectivity index (χ3n) is 4.42. The predicted octanol–water partition coefficient (Wildman–Crippen LogP) is 1.88. The Hall–Kier alpha value is -1.93. The number of benzene rings is 1. The van der Waals surface area contributed by atoms with Crippen LogP contribution in [0.15, 0.2) is 24.3 Å². The number of hydrogen-bond acceptors (Lipinski definition) is 5. The van der Waals surface area contributed by atoms with Crippen molar-refractivity contribution in [1.29, 1.82) is 0 Å². The normalized spacial score (nSPS) is 21.7. The van der Waals surface area contributed by atoms with Crippen LogP contribution in [0.3, 0.4) is 0 Å². The molecule has 0 amide bonds. The Bertz CT molecular complexity index is 728. The number of aliphatic carboxylic acids is 1. The number of nitrogens with zero attached hydrogens (tertiary/aromatic N) is 1. The molecule has 0 aliphatic carbocycles. The highest BCUT2D eigenvalue weighted by atomic mass is 32.2. The minimum atomic E-state index is -3.64. The fourth-order valence-corrected chi connectivity index (χ4v) is 4.92. The van der Waals surface area contributed by atoms with E-state index in [4.69, 9.17) is 4.74 Å². The van der Waals surface area contributed by atoms with Crippen molar-refractivity contribution in [2.45, 2.75) is 38.5 Å². The molecular formula is C17H23NO6S. The molecule has 2 atom stereocenters. The molecule has 1 heterocycles. The fourth-order valence-electron chi connectivity index (χ4n) is 3.08. The molecule has 138 valence electrons. The average Bonchev–Trinajstić information content (AvgIpc) is 2.55. The van der Waals surface area contributed by atoms with Crippen molar-refractivity contribution in [3.63, 3.8) is 0 Å². The maximum Gasteiger partial charge on any atom is 0.338 e. The highest BCUT2D eigenvalue weighted by molar-refractivity contribution is 7.88. The third kappa shape index (κ3) is 4.58. The number of carbonyl (C=O) groups is 2. The van der Waals surface area contributed by atoms with E-state index < -0.39 is 33.9 Å². The van der Waals surface area contributed by atoms with Gasteiger partial charge in [-0.3, -0.25) is 4.79 Å². The molecule has 0 spiro atoms. The van der Waals surface area contributed by atoms with Gasteiger partial charge in [0.2, 0.25) is 10.0 Å². The minimum Gasteiger partial charge on any atom is -0.481 e. The summed E-state index contributed by atoms with van der Waals surface area (Å²) in [4.78, 5) is 22.9. The lowest BCUT2D eigenvalue weighted by atomic mass is 9.92. The van der Waals surface area contributed by atoms with Gasteiger partial charge in [0.15, 0.2) is 0 Å². The molecule has 8 heteroatoms. The van der Waals surface area contributed by atoms with E-state index in [1.165, 1.54) is 16.4 Å². The summed E-state index contributed by atoms with van der Waals surface area (Å²) in [7, 11) is -3.64. The van der Waals surface area contributed by atoms with E-state index in [9.17, 15) is 23.1 Å². The Morgan fingerprint density at radius 1 is 1.28 bits per heavy atom. The van der Waals surface area contributed by atoms with Gasteiger partial charge in [0.1, 0.15) is 0 Å². The number of carboxylic acid groups (broad SMARTS) is 1. The first-order valence-corrected chi connectivity index (χ1v) is 9.85. The van der Waals surface area contributed by atoms with E-state index in [0.29, 0.717) is 30.5 Å². The van der Waals surface area contributed by atoms with Crippen LogP contribution in [0.2, 0.25) is 0 Å². The molecule has 7 nitrogen and oxygen atoms in total. The Morgan fingerprint density at radius 2 is 1.92 bits per heavy atom. The summed E-state index contributed by atoms with van der Waals surface area (Å²) in [6.45, 7) is 3.95. The van der Waals surface area contributed by atoms with Crippen LogP contribution >= 0.6 is 0 Å². The van der Waals surface area contributed by atoms with E-state index in [1.807, 2.05) is 0 Å². The second-order valence-corrected chi connectivity index (χ2v) is 8.03. The van der Waals surface area contributed by atoms with E-state index in [2.05, 4.69) is 0 Å². The molecule has 1 aromatic rings. The van der Waals surface area contributed by atoms with Crippen molar-refractivity contribution in [2.24, 2.45) is 5.92 Å². The standard InChI is InChI=1S/C17H23NO6S/c1-3-24-17(21)14-8-6-13(7-9-14)11-25(22,23)18-10-4-5-15(12(18)2)16(19)20/h6-9,12,15H,3-5,10-11H2,1-2H3,(H,19,20)/t12-,15-/m0/s1. The molecule has 0 saturated carbocycles. The SMILES string of the molecule is CCOC(=O)c1ccc(CS(=O)(=O)N2CCC[C@H](C(=O)O)[C@@H]2C)cc1. The van der Waals surface area contributed by atoms with Gasteiger partial charge in [0.05, 0.1) is 23.8 Å². The topological polar surface area (TPSA) is 101 Å². The quantitative estimate of drug-likeness (QED) is 0.768. The molecule has 0 radical (unpaired) electrons. The maximum atomic E-state index is 12.7. The number of carbonyl (C=O) groups excluding carboxylic acids is 1. The van der Waals surface area contributed by atoms with Crippen molar-refractivity contribution in [1.82, 2.24) is 4.31 Å². The van der Waals surface area contributed by atoms with Gasteiger partial charge in [-0.05, 0) is 44.4 Å². The lowest BCUT2D eigenvalue weighted by Crippen LogP contribution is -2.49. The summed E-state index contributed by atoms with van der Waals surface area (Å²) < 4.78 is 31.6. The lowest BCUT2D eigenvalue weighted by Gasteiger charge is -2.36. The van der Waals surface area contributed by atoms with Crippen LogP contribution in [0.4, 0.5) is 0 Å². The molecule has 1 fully saturated rings. The van der Waals surface area contributed by atoms with Gasteiger partial charge in [-0.1, -0.05) is 12.1 Å². The second-order valence-electron chi connectivity index (χ2n) is 6.11. The van der Waals surface area contributed by atoms with Gasteiger partial charge in [-0.15, -0.1) is 0 Å². The Kier molecular flexibility index (Phi) is 6.18. The van der Waals surface area contributed by atoms with Crippen LogP contribution in [0.1, 0.15) is 42.6 Å². The Morgan fingerprint density at radius 3 is 2.48 bits per heavy atom. The largest absolute Gasteiger partial charge is 0.481 e. The summed E-state index contributed by atoms with van der Waals surface area (Å²) in [5.41, 5.74) is 0.901. The highest BCUT2D eigenvalue weighted by Gasteiger charge is 2.38. The van der Waals surface area contributed by atoms with Crippen molar-refractivity contribution < 1.29 is 27.9 Å².